The van der Waals surface area contributed by atoms with Crippen LogP contribution in [0.25, 0.3) is 0 Å². The molecule has 0 fully saturated rings. The average molecular weight is 159 g/mol. The number of aromatic hydroxyl groups is 1. The predicted octanol–water partition coefficient (Wildman–Crippen LogP) is 2.05. The smallest absolute Gasteiger partial charge is 0.124 e. The van der Waals surface area contributed by atoms with Crippen LogP contribution in [0.4, 0.5) is 0 Å². The molecule has 54 valence electrons. The van der Waals surface area contributed by atoms with Gasteiger partial charge in [-0.15, -0.1) is 0 Å². The van der Waals surface area contributed by atoms with Crippen molar-refractivity contribution in [3.05, 3.63) is 23.2 Å². The van der Waals surface area contributed by atoms with Crippen LogP contribution in [0, 0.1) is 0 Å². The summed E-state index contributed by atoms with van der Waals surface area (Å²) in [5.74, 6) is 0.675. The second-order valence-corrected chi connectivity index (χ2v) is 2.29. The second-order valence-electron chi connectivity index (χ2n) is 1.85. The van der Waals surface area contributed by atoms with Gasteiger partial charge in [0, 0.05) is 11.1 Å². The van der Waals surface area contributed by atoms with Gasteiger partial charge in [-0.2, -0.15) is 0 Å². The molecule has 0 bridgehead atoms. The Balaban J connectivity index is 3.06. The van der Waals surface area contributed by atoms with Crippen LogP contribution in [0.15, 0.2) is 18.2 Å². The van der Waals surface area contributed by atoms with Gasteiger partial charge in [0.05, 0.1) is 7.11 Å². The molecule has 0 aliphatic heterocycles. The average Bonchev–Trinajstić information content (AvgIpc) is 1.85. The van der Waals surface area contributed by atoms with Crippen LogP contribution in [0.1, 0.15) is 0 Å². The maximum atomic E-state index is 8.96. The monoisotopic (exact) mass is 158 g/mol. The minimum Gasteiger partial charge on any atom is -0.508 e. The standard InChI is InChI=1S/C7H7ClO2/c1-10-7-3-5(8)2-6(9)4-7/h2-4,9H,1H3. The van der Waals surface area contributed by atoms with Crippen molar-refractivity contribution in [2.75, 3.05) is 7.11 Å². The fraction of sp³-hybridized carbons (Fsp3) is 0.143. The lowest BCUT2D eigenvalue weighted by Crippen LogP contribution is -1.80. The summed E-state index contributed by atoms with van der Waals surface area (Å²) in [6.07, 6.45) is 0. The summed E-state index contributed by atoms with van der Waals surface area (Å²) >= 11 is 5.59. The van der Waals surface area contributed by atoms with Gasteiger partial charge in [0.25, 0.3) is 0 Å². The highest BCUT2D eigenvalue weighted by Gasteiger charge is 1.95. The molecule has 1 rings (SSSR count). The minimum absolute atomic E-state index is 0.115. The van der Waals surface area contributed by atoms with Gasteiger partial charge in [0.2, 0.25) is 0 Å². The van der Waals surface area contributed by atoms with Crippen molar-refractivity contribution in [1.82, 2.24) is 0 Å². The Morgan fingerprint density at radius 2 is 2.10 bits per heavy atom. The maximum Gasteiger partial charge on any atom is 0.124 e. The van der Waals surface area contributed by atoms with Crippen molar-refractivity contribution >= 4 is 11.6 Å². The summed E-state index contributed by atoms with van der Waals surface area (Å²) in [6.45, 7) is 0. The Bertz CT molecular complexity index is 215. The Morgan fingerprint density at radius 1 is 1.40 bits per heavy atom. The van der Waals surface area contributed by atoms with E-state index >= 15 is 0 Å². The lowest BCUT2D eigenvalue weighted by molar-refractivity contribution is 0.408. The molecule has 0 spiro atoms. The van der Waals surface area contributed by atoms with Crippen molar-refractivity contribution in [1.29, 1.82) is 0 Å². The number of methoxy groups -OCH3 is 1. The van der Waals surface area contributed by atoms with Crippen molar-refractivity contribution < 1.29 is 9.84 Å². The lowest BCUT2D eigenvalue weighted by atomic mass is 10.3. The van der Waals surface area contributed by atoms with Crippen LogP contribution in [0.5, 0.6) is 11.5 Å². The molecule has 10 heavy (non-hydrogen) atoms. The molecule has 2 nitrogen and oxygen atoms in total. The molecule has 0 heterocycles. The molecular weight excluding hydrogens is 152 g/mol. The molecule has 0 aliphatic carbocycles. The molecule has 0 saturated heterocycles. The van der Waals surface area contributed by atoms with Gasteiger partial charge in [-0.05, 0) is 12.1 Å². The summed E-state index contributed by atoms with van der Waals surface area (Å²) in [7, 11) is 1.52. The SMILES string of the molecule is COc1cc(O)cc(Cl)c1. The molecule has 1 N–H and O–H groups in total. The normalized spacial score (nSPS) is 9.40. The van der Waals surface area contributed by atoms with Crippen LogP contribution in [0.3, 0.4) is 0 Å². The third-order valence-electron chi connectivity index (χ3n) is 1.09. The highest BCUT2D eigenvalue weighted by molar-refractivity contribution is 6.30. The van der Waals surface area contributed by atoms with E-state index in [0.717, 1.165) is 0 Å². The Hall–Kier alpha value is -0.890. The van der Waals surface area contributed by atoms with Crippen molar-refractivity contribution in [3.8, 4) is 11.5 Å². The minimum atomic E-state index is 0.115. The second kappa shape index (κ2) is 2.80. The maximum absolute atomic E-state index is 8.96. The molecule has 3 heteroatoms. The molecule has 0 saturated carbocycles. The van der Waals surface area contributed by atoms with E-state index in [9.17, 15) is 0 Å². The number of phenolic OH excluding ortho intramolecular Hbond substituents is 1. The first-order chi connectivity index (χ1) is 4.72. The van der Waals surface area contributed by atoms with E-state index in [0.29, 0.717) is 10.8 Å². The zero-order valence-electron chi connectivity index (χ0n) is 5.47. The van der Waals surface area contributed by atoms with Crippen LogP contribution in [-0.4, -0.2) is 12.2 Å². The van der Waals surface area contributed by atoms with E-state index in [1.807, 2.05) is 0 Å². The quantitative estimate of drug-likeness (QED) is 0.678. The summed E-state index contributed by atoms with van der Waals surface area (Å²) < 4.78 is 4.83. The lowest BCUT2D eigenvalue weighted by Gasteiger charge is -1.99. The fourth-order valence-electron chi connectivity index (χ4n) is 0.666. The Kier molecular flexibility index (Phi) is 2.02. The topological polar surface area (TPSA) is 29.5 Å². The number of ether oxygens (including phenoxy) is 1. The van der Waals surface area contributed by atoms with Crippen LogP contribution in [-0.2, 0) is 0 Å². The Labute approximate surface area is 64.0 Å². The predicted molar refractivity (Wildman–Crippen MR) is 39.7 cm³/mol. The van der Waals surface area contributed by atoms with E-state index in [1.165, 1.54) is 19.2 Å². The molecule has 0 unspecified atom stereocenters. The van der Waals surface area contributed by atoms with Gasteiger partial charge in [-0.3, -0.25) is 0 Å². The molecule has 0 aromatic heterocycles. The molecule has 0 aliphatic rings. The third-order valence-corrected chi connectivity index (χ3v) is 1.31. The molecule has 0 radical (unpaired) electrons. The zero-order valence-corrected chi connectivity index (χ0v) is 6.22. The van der Waals surface area contributed by atoms with Gasteiger partial charge < -0.3 is 9.84 Å². The summed E-state index contributed by atoms with van der Waals surface area (Å²) in [5.41, 5.74) is 0. The number of hydrogen-bond donors (Lipinski definition) is 1. The van der Waals surface area contributed by atoms with E-state index < -0.39 is 0 Å². The van der Waals surface area contributed by atoms with Crippen LogP contribution >= 0.6 is 11.6 Å². The van der Waals surface area contributed by atoms with Gasteiger partial charge in [-0.1, -0.05) is 11.6 Å². The van der Waals surface area contributed by atoms with Crippen molar-refractivity contribution in [2.45, 2.75) is 0 Å². The first kappa shape index (κ1) is 7.22. The first-order valence-electron chi connectivity index (χ1n) is 2.76. The molecule has 0 atom stereocenters. The van der Waals surface area contributed by atoms with E-state index in [-0.39, 0.29) is 5.75 Å². The first-order valence-corrected chi connectivity index (χ1v) is 3.13. The van der Waals surface area contributed by atoms with Gasteiger partial charge in [0.1, 0.15) is 11.5 Å². The highest BCUT2D eigenvalue weighted by Crippen LogP contribution is 2.24. The molecule has 1 aromatic rings. The third kappa shape index (κ3) is 1.54. The number of rotatable bonds is 1. The van der Waals surface area contributed by atoms with Gasteiger partial charge in [0.15, 0.2) is 0 Å². The number of hydrogen-bond acceptors (Lipinski definition) is 2. The van der Waals surface area contributed by atoms with E-state index in [1.54, 1.807) is 6.07 Å². The fourth-order valence-corrected chi connectivity index (χ4v) is 0.885. The summed E-state index contributed by atoms with van der Waals surface area (Å²) in [4.78, 5) is 0. The Morgan fingerprint density at radius 3 is 2.60 bits per heavy atom. The number of halogens is 1. The molecular formula is C7H7ClO2. The van der Waals surface area contributed by atoms with Crippen molar-refractivity contribution in [3.63, 3.8) is 0 Å². The van der Waals surface area contributed by atoms with Gasteiger partial charge >= 0.3 is 0 Å². The molecule has 1 aromatic carbocycles. The summed E-state index contributed by atoms with van der Waals surface area (Å²) in [5, 5.41) is 9.43. The van der Waals surface area contributed by atoms with E-state index in [2.05, 4.69) is 0 Å². The van der Waals surface area contributed by atoms with Crippen LogP contribution < -0.4 is 4.74 Å². The van der Waals surface area contributed by atoms with Crippen LogP contribution in [0.2, 0.25) is 5.02 Å². The number of benzene rings is 1. The van der Waals surface area contributed by atoms with E-state index in [4.69, 9.17) is 21.4 Å². The number of phenols is 1. The molecule has 0 amide bonds. The van der Waals surface area contributed by atoms with Crippen molar-refractivity contribution in [2.24, 2.45) is 0 Å². The summed E-state index contributed by atoms with van der Waals surface area (Å²) in [6, 6.07) is 4.57. The van der Waals surface area contributed by atoms with Gasteiger partial charge in [-0.25, -0.2) is 0 Å². The highest BCUT2D eigenvalue weighted by atomic mass is 35.5. The zero-order chi connectivity index (χ0) is 7.56. The largest absolute Gasteiger partial charge is 0.508 e.